The van der Waals surface area contributed by atoms with Crippen molar-refractivity contribution >= 4 is 11.9 Å². The zero-order valence-corrected chi connectivity index (χ0v) is 14.2. The zero-order chi connectivity index (χ0) is 17.5. The van der Waals surface area contributed by atoms with Crippen LogP contribution in [0.25, 0.3) is 11.3 Å². The van der Waals surface area contributed by atoms with Gasteiger partial charge in [-0.3, -0.25) is 4.79 Å². The molecule has 0 fully saturated rings. The van der Waals surface area contributed by atoms with Crippen LogP contribution in [0.3, 0.4) is 0 Å². The van der Waals surface area contributed by atoms with Crippen LogP contribution in [-0.2, 0) is 0 Å². The molecule has 0 bridgehead atoms. The van der Waals surface area contributed by atoms with Crippen molar-refractivity contribution in [2.45, 2.75) is 39.5 Å². The Labute approximate surface area is 142 Å². The van der Waals surface area contributed by atoms with Crippen molar-refractivity contribution in [3.8, 4) is 17.0 Å². The van der Waals surface area contributed by atoms with E-state index in [2.05, 4.69) is 16.9 Å². The molecule has 0 unspecified atom stereocenters. The summed E-state index contributed by atoms with van der Waals surface area (Å²) in [5, 5.41) is 0. The lowest BCUT2D eigenvalue weighted by Crippen LogP contribution is -2.17. The van der Waals surface area contributed by atoms with Crippen LogP contribution in [0.1, 0.15) is 48.7 Å². The highest BCUT2D eigenvalue weighted by atomic mass is 16.5. The number of carbonyl (C=O) groups excluding carboxylic acids is 1. The predicted molar refractivity (Wildman–Crippen MR) is 94.8 cm³/mol. The van der Waals surface area contributed by atoms with E-state index in [0.717, 1.165) is 12.8 Å². The van der Waals surface area contributed by atoms with E-state index in [1.165, 1.54) is 12.8 Å². The number of amides is 1. The number of benzene rings is 1. The quantitative estimate of drug-likeness (QED) is 0.725. The number of nitrogen functional groups attached to an aromatic ring is 1. The number of unbranched alkanes of at least 4 members (excludes halogenated alkanes) is 3. The fraction of sp³-hybridized carbons (Fsp3) is 0.389. The molecule has 0 aliphatic heterocycles. The molecule has 2 rings (SSSR count). The summed E-state index contributed by atoms with van der Waals surface area (Å²) in [5.74, 6) is 0.180. The number of anilines is 1. The largest absolute Gasteiger partial charge is 0.493 e. The van der Waals surface area contributed by atoms with E-state index in [-0.39, 0.29) is 11.5 Å². The molecule has 6 heteroatoms. The summed E-state index contributed by atoms with van der Waals surface area (Å²) in [4.78, 5) is 20.1. The van der Waals surface area contributed by atoms with E-state index in [4.69, 9.17) is 16.2 Å². The normalized spacial score (nSPS) is 10.6. The number of carbonyl (C=O) groups is 1. The second-order valence-corrected chi connectivity index (χ2v) is 5.66. The first kappa shape index (κ1) is 17.7. The van der Waals surface area contributed by atoms with Gasteiger partial charge in [0.05, 0.1) is 23.6 Å². The molecular formula is C18H24N4O2. The molecule has 0 atom stereocenters. The first-order valence-electron chi connectivity index (χ1n) is 8.20. The van der Waals surface area contributed by atoms with Crippen molar-refractivity contribution in [1.82, 2.24) is 9.97 Å². The van der Waals surface area contributed by atoms with Gasteiger partial charge in [-0.15, -0.1) is 0 Å². The minimum atomic E-state index is -0.583. The highest BCUT2D eigenvalue weighted by Gasteiger charge is 2.19. The van der Waals surface area contributed by atoms with Gasteiger partial charge in [0.2, 0.25) is 5.95 Å². The average Bonchev–Trinajstić information content (AvgIpc) is 2.54. The fourth-order valence-corrected chi connectivity index (χ4v) is 2.58. The van der Waals surface area contributed by atoms with Crippen molar-refractivity contribution < 1.29 is 9.53 Å². The van der Waals surface area contributed by atoms with Crippen molar-refractivity contribution in [3.05, 3.63) is 35.5 Å². The number of ether oxygens (including phenoxy) is 1. The monoisotopic (exact) mass is 328 g/mol. The van der Waals surface area contributed by atoms with Crippen molar-refractivity contribution in [3.63, 3.8) is 0 Å². The van der Waals surface area contributed by atoms with Crippen LogP contribution in [0.4, 0.5) is 5.95 Å². The summed E-state index contributed by atoms with van der Waals surface area (Å²) in [5.41, 5.74) is 13.1. The molecule has 2 aromatic rings. The molecule has 0 saturated carbocycles. The van der Waals surface area contributed by atoms with Gasteiger partial charge in [-0.25, -0.2) is 9.97 Å². The van der Waals surface area contributed by atoms with Gasteiger partial charge >= 0.3 is 0 Å². The van der Waals surface area contributed by atoms with Gasteiger partial charge in [0, 0.05) is 5.56 Å². The number of aromatic nitrogens is 2. The Morgan fingerprint density at radius 1 is 1.17 bits per heavy atom. The number of hydrogen-bond acceptors (Lipinski definition) is 5. The number of aryl methyl sites for hydroxylation is 1. The lowest BCUT2D eigenvalue weighted by Gasteiger charge is -2.14. The Morgan fingerprint density at radius 3 is 2.62 bits per heavy atom. The Hall–Kier alpha value is -2.63. The molecule has 0 radical (unpaired) electrons. The number of rotatable bonds is 8. The summed E-state index contributed by atoms with van der Waals surface area (Å²) in [6.07, 6.45) is 4.48. The molecule has 0 saturated heterocycles. The van der Waals surface area contributed by atoms with Crippen LogP contribution < -0.4 is 16.2 Å². The molecule has 1 heterocycles. The van der Waals surface area contributed by atoms with E-state index in [0.29, 0.717) is 29.3 Å². The molecule has 0 aliphatic rings. The third-order valence-corrected chi connectivity index (χ3v) is 3.75. The third kappa shape index (κ3) is 4.22. The molecule has 0 aliphatic carbocycles. The SMILES string of the molecule is CCCCCCOc1ccccc1-c1nc(N)nc(C)c1C(N)=O. The lowest BCUT2D eigenvalue weighted by molar-refractivity contribution is 0.0999. The van der Waals surface area contributed by atoms with Crippen LogP contribution >= 0.6 is 0 Å². The number of hydrogen-bond donors (Lipinski definition) is 2. The maximum Gasteiger partial charge on any atom is 0.252 e. The molecule has 6 nitrogen and oxygen atoms in total. The average molecular weight is 328 g/mol. The number of nitrogens with zero attached hydrogens (tertiary/aromatic N) is 2. The Bertz CT molecular complexity index is 716. The topological polar surface area (TPSA) is 104 Å². The van der Waals surface area contributed by atoms with Gasteiger partial charge in [-0.2, -0.15) is 0 Å². The lowest BCUT2D eigenvalue weighted by atomic mass is 10.0. The zero-order valence-electron chi connectivity index (χ0n) is 14.2. The molecule has 1 aromatic carbocycles. The summed E-state index contributed by atoms with van der Waals surface area (Å²) in [6.45, 7) is 4.47. The first-order chi connectivity index (χ1) is 11.5. The second-order valence-electron chi connectivity index (χ2n) is 5.66. The van der Waals surface area contributed by atoms with Crippen LogP contribution in [0.15, 0.2) is 24.3 Å². The molecule has 24 heavy (non-hydrogen) atoms. The maximum absolute atomic E-state index is 11.8. The van der Waals surface area contributed by atoms with Crippen molar-refractivity contribution in [2.75, 3.05) is 12.3 Å². The van der Waals surface area contributed by atoms with E-state index >= 15 is 0 Å². The predicted octanol–water partition coefficient (Wildman–Crippen LogP) is 3.09. The van der Waals surface area contributed by atoms with Crippen LogP contribution in [0.2, 0.25) is 0 Å². The number of para-hydroxylation sites is 1. The molecule has 4 N–H and O–H groups in total. The third-order valence-electron chi connectivity index (χ3n) is 3.75. The van der Waals surface area contributed by atoms with Gasteiger partial charge < -0.3 is 16.2 Å². The molecule has 1 amide bonds. The minimum Gasteiger partial charge on any atom is -0.493 e. The summed E-state index contributed by atoms with van der Waals surface area (Å²) >= 11 is 0. The van der Waals surface area contributed by atoms with E-state index in [1.54, 1.807) is 6.92 Å². The van der Waals surface area contributed by atoms with Crippen molar-refractivity contribution in [1.29, 1.82) is 0 Å². The van der Waals surface area contributed by atoms with Crippen molar-refractivity contribution in [2.24, 2.45) is 5.73 Å². The standard InChI is InChI=1S/C18H24N4O2/c1-3-4-5-8-11-24-14-10-7-6-9-13(14)16-15(17(19)23)12(2)21-18(20)22-16/h6-7,9-10H,3-5,8,11H2,1-2H3,(H2,19,23)(H2,20,21,22). The van der Waals surface area contributed by atoms with E-state index in [9.17, 15) is 4.79 Å². The highest BCUT2D eigenvalue weighted by molar-refractivity contribution is 6.00. The second kappa shape index (κ2) is 8.29. The van der Waals surface area contributed by atoms with Crippen LogP contribution in [-0.4, -0.2) is 22.5 Å². The Morgan fingerprint density at radius 2 is 1.92 bits per heavy atom. The number of nitrogens with two attached hydrogens (primary N) is 2. The summed E-state index contributed by atoms with van der Waals surface area (Å²) < 4.78 is 5.90. The Kier molecular flexibility index (Phi) is 6.12. The first-order valence-corrected chi connectivity index (χ1v) is 8.20. The highest BCUT2D eigenvalue weighted by Crippen LogP contribution is 2.32. The maximum atomic E-state index is 11.8. The number of primary amides is 1. The van der Waals surface area contributed by atoms with Gasteiger partial charge in [0.1, 0.15) is 5.75 Å². The smallest absolute Gasteiger partial charge is 0.252 e. The van der Waals surface area contributed by atoms with E-state index < -0.39 is 5.91 Å². The van der Waals surface area contributed by atoms with Gasteiger partial charge in [0.25, 0.3) is 5.91 Å². The summed E-state index contributed by atoms with van der Waals surface area (Å²) in [6, 6.07) is 7.44. The Balaban J connectivity index is 2.34. The molecular weight excluding hydrogens is 304 g/mol. The van der Waals surface area contributed by atoms with Crippen LogP contribution in [0.5, 0.6) is 5.75 Å². The summed E-state index contributed by atoms with van der Waals surface area (Å²) in [7, 11) is 0. The van der Waals surface area contributed by atoms with E-state index in [1.807, 2.05) is 24.3 Å². The van der Waals surface area contributed by atoms with Gasteiger partial charge in [-0.1, -0.05) is 38.3 Å². The minimum absolute atomic E-state index is 0.102. The molecule has 128 valence electrons. The van der Waals surface area contributed by atoms with Crippen LogP contribution in [0, 0.1) is 6.92 Å². The molecule has 0 spiro atoms. The van der Waals surface area contributed by atoms with Gasteiger partial charge in [-0.05, 0) is 25.5 Å². The van der Waals surface area contributed by atoms with Gasteiger partial charge in [0.15, 0.2) is 0 Å². The molecule has 1 aromatic heterocycles. The fourth-order valence-electron chi connectivity index (χ4n) is 2.58.